The maximum Gasteiger partial charge on any atom is 0.272 e. The molecule has 0 radical (unpaired) electrons. The number of nitro groups is 1. The lowest BCUT2D eigenvalue weighted by Gasteiger charge is -2.13. The summed E-state index contributed by atoms with van der Waals surface area (Å²) in [6.07, 6.45) is 0.195. The lowest BCUT2D eigenvalue weighted by molar-refractivity contribution is -0.385. The molecule has 0 N–H and O–H groups in total. The fraction of sp³-hybridized carbons (Fsp3) is 0.400. The molecular weight excluding hydrogens is 246 g/mol. The van der Waals surface area contributed by atoms with Crippen LogP contribution in [0.1, 0.15) is 24.2 Å². The molecule has 17 heavy (non-hydrogen) atoms. The summed E-state index contributed by atoms with van der Waals surface area (Å²) >= 11 is 0. The molecule has 94 valence electrons. The minimum absolute atomic E-state index is 0.0496. The molecule has 0 aromatic heterocycles. The van der Waals surface area contributed by atoms with Crippen LogP contribution in [-0.4, -0.2) is 19.6 Å². The van der Waals surface area contributed by atoms with E-state index in [0.29, 0.717) is 11.1 Å². The molecule has 6 nitrogen and oxygen atoms in total. The molecule has 1 atom stereocenters. The van der Waals surface area contributed by atoms with Crippen LogP contribution in [-0.2, 0) is 14.3 Å². The molecule has 0 aliphatic rings. The molecule has 0 saturated carbocycles. The fourth-order valence-corrected chi connectivity index (χ4v) is 2.22. The Bertz CT molecular complexity index is 538. The fourth-order valence-electron chi connectivity index (χ4n) is 1.59. The van der Waals surface area contributed by atoms with Crippen molar-refractivity contribution in [3.8, 4) is 0 Å². The monoisotopic (exact) mass is 259 g/mol. The first-order chi connectivity index (χ1) is 7.72. The van der Waals surface area contributed by atoms with Crippen LogP contribution in [0.3, 0.4) is 0 Å². The summed E-state index contributed by atoms with van der Waals surface area (Å²) < 4.78 is 26.8. The van der Waals surface area contributed by atoms with Crippen LogP contribution in [0.15, 0.2) is 18.2 Å². The van der Waals surface area contributed by atoms with E-state index in [9.17, 15) is 18.5 Å². The van der Waals surface area contributed by atoms with E-state index >= 15 is 0 Å². The predicted molar refractivity (Wildman–Crippen MR) is 62.2 cm³/mol. The molecule has 0 amide bonds. The van der Waals surface area contributed by atoms with Crippen LogP contribution in [0.5, 0.6) is 0 Å². The molecule has 0 fully saturated rings. The van der Waals surface area contributed by atoms with Crippen molar-refractivity contribution in [1.29, 1.82) is 0 Å². The zero-order valence-electron chi connectivity index (χ0n) is 9.71. The Balaban J connectivity index is 3.15. The Hall–Kier alpha value is -1.47. The highest BCUT2D eigenvalue weighted by atomic mass is 32.2. The van der Waals surface area contributed by atoms with Gasteiger partial charge in [0.25, 0.3) is 15.8 Å². The number of benzene rings is 1. The quantitative estimate of drug-likeness (QED) is 0.468. The Labute approximate surface area is 99.5 Å². The standard InChI is InChI=1S/C10H13NO5S/c1-7-9(8(2)16-17(3,14)15)5-4-6-10(7)11(12)13/h4-6,8H,1-3H3. The van der Waals surface area contributed by atoms with Gasteiger partial charge in [0.05, 0.1) is 17.3 Å². The van der Waals surface area contributed by atoms with Crippen molar-refractivity contribution in [3.05, 3.63) is 39.4 Å². The molecule has 1 aromatic carbocycles. The molecule has 0 aliphatic carbocycles. The zero-order chi connectivity index (χ0) is 13.2. The van der Waals surface area contributed by atoms with E-state index < -0.39 is 21.1 Å². The molecule has 7 heteroatoms. The summed E-state index contributed by atoms with van der Waals surface area (Å²) in [5, 5.41) is 10.7. The third-order valence-electron chi connectivity index (χ3n) is 2.30. The van der Waals surface area contributed by atoms with Gasteiger partial charge in [-0.15, -0.1) is 0 Å². The maximum atomic E-state index is 11.0. The lowest BCUT2D eigenvalue weighted by Crippen LogP contribution is -2.09. The summed E-state index contributed by atoms with van der Waals surface area (Å²) in [4.78, 5) is 10.2. The number of hydrogen-bond acceptors (Lipinski definition) is 5. The van der Waals surface area contributed by atoms with E-state index in [2.05, 4.69) is 0 Å². The Kier molecular flexibility index (Phi) is 3.84. The smallest absolute Gasteiger partial charge is 0.262 e. The second-order valence-electron chi connectivity index (χ2n) is 3.69. The molecule has 1 unspecified atom stereocenters. The van der Waals surface area contributed by atoms with Gasteiger partial charge in [-0.05, 0) is 19.4 Å². The maximum absolute atomic E-state index is 11.0. The zero-order valence-corrected chi connectivity index (χ0v) is 10.5. The molecule has 1 aromatic rings. The van der Waals surface area contributed by atoms with Crippen molar-refractivity contribution in [2.75, 3.05) is 6.26 Å². The van der Waals surface area contributed by atoms with Crippen molar-refractivity contribution in [3.63, 3.8) is 0 Å². The van der Waals surface area contributed by atoms with Gasteiger partial charge in [-0.1, -0.05) is 12.1 Å². The normalized spacial score (nSPS) is 13.4. The predicted octanol–water partition coefficient (Wildman–Crippen LogP) is 1.94. The van der Waals surface area contributed by atoms with Crippen LogP contribution >= 0.6 is 0 Å². The summed E-state index contributed by atoms with van der Waals surface area (Å²) in [5.74, 6) is 0. The summed E-state index contributed by atoms with van der Waals surface area (Å²) in [7, 11) is -3.59. The molecule has 0 aliphatic heterocycles. The lowest BCUT2D eigenvalue weighted by atomic mass is 10.0. The average Bonchev–Trinajstić information content (AvgIpc) is 2.14. The third kappa shape index (κ3) is 3.50. The van der Waals surface area contributed by atoms with Crippen LogP contribution in [0.25, 0.3) is 0 Å². The molecule has 0 spiro atoms. The summed E-state index contributed by atoms with van der Waals surface area (Å²) in [6.45, 7) is 3.10. The van der Waals surface area contributed by atoms with Gasteiger partial charge in [0.15, 0.2) is 0 Å². The topological polar surface area (TPSA) is 86.5 Å². The Morgan fingerprint density at radius 3 is 2.47 bits per heavy atom. The van der Waals surface area contributed by atoms with Gasteiger partial charge in [0, 0.05) is 11.6 Å². The summed E-state index contributed by atoms with van der Waals surface area (Å²) in [6, 6.07) is 4.48. The van der Waals surface area contributed by atoms with Gasteiger partial charge in [-0.25, -0.2) is 0 Å². The van der Waals surface area contributed by atoms with Crippen LogP contribution in [0.4, 0.5) is 5.69 Å². The van der Waals surface area contributed by atoms with Crippen LogP contribution in [0, 0.1) is 17.0 Å². The van der Waals surface area contributed by atoms with Gasteiger partial charge < -0.3 is 0 Å². The van der Waals surface area contributed by atoms with E-state index in [4.69, 9.17) is 4.18 Å². The molecule has 1 rings (SSSR count). The Morgan fingerprint density at radius 2 is 2.00 bits per heavy atom. The van der Waals surface area contributed by atoms with E-state index in [1.54, 1.807) is 13.0 Å². The van der Waals surface area contributed by atoms with Crippen molar-refractivity contribution in [1.82, 2.24) is 0 Å². The third-order valence-corrected chi connectivity index (χ3v) is 2.94. The second kappa shape index (κ2) is 4.80. The van der Waals surface area contributed by atoms with E-state index in [1.807, 2.05) is 0 Å². The number of hydrogen-bond donors (Lipinski definition) is 0. The average molecular weight is 259 g/mol. The van der Waals surface area contributed by atoms with Gasteiger partial charge in [-0.3, -0.25) is 14.3 Å². The first kappa shape index (κ1) is 13.6. The first-order valence-electron chi connectivity index (χ1n) is 4.84. The van der Waals surface area contributed by atoms with Crippen molar-refractivity contribution >= 4 is 15.8 Å². The largest absolute Gasteiger partial charge is 0.272 e. The number of nitrogens with zero attached hydrogens (tertiary/aromatic N) is 1. The second-order valence-corrected chi connectivity index (χ2v) is 5.29. The van der Waals surface area contributed by atoms with Crippen molar-refractivity contribution in [2.24, 2.45) is 0 Å². The summed E-state index contributed by atoms with van der Waals surface area (Å²) in [5.41, 5.74) is 0.852. The molecule has 0 saturated heterocycles. The minimum atomic E-state index is -3.59. The van der Waals surface area contributed by atoms with Crippen molar-refractivity contribution in [2.45, 2.75) is 20.0 Å². The van der Waals surface area contributed by atoms with Gasteiger partial charge in [0.2, 0.25) is 0 Å². The highest BCUT2D eigenvalue weighted by molar-refractivity contribution is 7.86. The molecule has 0 heterocycles. The minimum Gasteiger partial charge on any atom is -0.262 e. The van der Waals surface area contributed by atoms with E-state index in [1.165, 1.54) is 19.1 Å². The first-order valence-corrected chi connectivity index (χ1v) is 6.66. The van der Waals surface area contributed by atoms with E-state index in [-0.39, 0.29) is 5.69 Å². The van der Waals surface area contributed by atoms with Crippen LogP contribution in [0.2, 0.25) is 0 Å². The van der Waals surface area contributed by atoms with Gasteiger partial charge >= 0.3 is 0 Å². The number of nitro benzene ring substituents is 1. The highest BCUT2D eigenvalue weighted by Gasteiger charge is 2.20. The SMILES string of the molecule is Cc1c(C(C)OS(C)(=O)=O)cccc1[N+](=O)[O-]. The Morgan fingerprint density at radius 1 is 1.41 bits per heavy atom. The highest BCUT2D eigenvalue weighted by Crippen LogP contribution is 2.28. The van der Waals surface area contributed by atoms with Gasteiger partial charge in [0.1, 0.15) is 0 Å². The molecular formula is C10H13NO5S. The van der Waals surface area contributed by atoms with Crippen LogP contribution < -0.4 is 0 Å². The number of rotatable bonds is 4. The van der Waals surface area contributed by atoms with E-state index in [0.717, 1.165) is 6.26 Å². The van der Waals surface area contributed by atoms with Crippen molar-refractivity contribution < 1.29 is 17.5 Å². The molecule has 0 bridgehead atoms. The van der Waals surface area contributed by atoms with Gasteiger partial charge in [-0.2, -0.15) is 8.42 Å².